The predicted octanol–water partition coefficient (Wildman–Crippen LogP) is 1.89. The highest BCUT2D eigenvalue weighted by Gasteiger charge is 2.36. The zero-order chi connectivity index (χ0) is 14.1. The predicted molar refractivity (Wildman–Crippen MR) is 73.1 cm³/mol. The fraction of sp³-hybridized carbons (Fsp3) is 0.533. The number of hydrogen-bond donors (Lipinski definition) is 2. The third-order valence-corrected chi connectivity index (χ3v) is 4.31. The van der Waals surface area contributed by atoms with E-state index in [0.29, 0.717) is 12.6 Å². The third kappa shape index (κ3) is 2.38. The molecule has 2 aliphatic heterocycles. The minimum Gasteiger partial charge on any atom is -0.508 e. The first-order valence-corrected chi connectivity index (χ1v) is 7.19. The molecule has 5 heteroatoms. The number of carbonyl (C=O) groups is 1. The molecule has 1 amide bonds. The third-order valence-electron chi connectivity index (χ3n) is 4.31. The Morgan fingerprint density at radius 1 is 1.35 bits per heavy atom. The lowest BCUT2D eigenvalue weighted by molar-refractivity contribution is 0.0706. The quantitative estimate of drug-likeness (QED) is 0.868. The van der Waals surface area contributed by atoms with Crippen molar-refractivity contribution >= 4 is 5.91 Å². The second-order valence-electron chi connectivity index (χ2n) is 5.58. The number of nitrogens with zero attached hydrogens (tertiary/aromatic N) is 1. The van der Waals surface area contributed by atoms with Crippen LogP contribution in [0.5, 0.6) is 5.75 Å². The molecule has 2 saturated heterocycles. The standard InChI is InChI=1S/C15H19FN2O2/c16-12-9-10(19)5-6-11(12)15(20)18-8-2-4-14(18)13-3-1-7-17-13/h5-6,9,13-14,17,19H,1-4,7-8H2. The molecule has 2 atom stereocenters. The number of rotatable bonds is 2. The molecule has 0 bridgehead atoms. The number of aromatic hydroxyl groups is 1. The number of nitrogens with one attached hydrogen (secondary N) is 1. The van der Waals surface area contributed by atoms with Gasteiger partial charge in [-0.25, -0.2) is 4.39 Å². The molecule has 3 rings (SSSR count). The van der Waals surface area contributed by atoms with Crippen LogP contribution in [0.25, 0.3) is 0 Å². The lowest BCUT2D eigenvalue weighted by Crippen LogP contribution is -2.46. The molecule has 2 heterocycles. The summed E-state index contributed by atoms with van der Waals surface area (Å²) in [7, 11) is 0. The molecule has 1 aromatic rings. The molecule has 2 aliphatic rings. The highest BCUT2D eigenvalue weighted by molar-refractivity contribution is 5.95. The van der Waals surface area contributed by atoms with E-state index in [2.05, 4.69) is 5.32 Å². The molecule has 2 unspecified atom stereocenters. The van der Waals surface area contributed by atoms with Crippen LogP contribution in [0.1, 0.15) is 36.0 Å². The van der Waals surface area contributed by atoms with Crippen LogP contribution in [0.2, 0.25) is 0 Å². The van der Waals surface area contributed by atoms with Crippen molar-refractivity contribution in [2.45, 2.75) is 37.8 Å². The van der Waals surface area contributed by atoms with Crippen molar-refractivity contribution in [2.24, 2.45) is 0 Å². The number of carbonyl (C=O) groups excluding carboxylic acids is 1. The summed E-state index contributed by atoms with van der Waals surface area (Å²) < 4.78 is 13.8. The second-order valence-corrected chi connectivity index (χ2v) is 5.58. The maximum atomic E-state index is 13.8. The van der Waals surface area contributed by atoms with E-state index in [1.165, 1.54) is 12.1 Å². The van der Waals surface area contributed by atoms with Crippen LogP contribution in [-0.2, 0) is 0 Å². The van der Waals surface area contributed by atoms with Crippen molar-refractivity contribution in [3.05, 3.63) is 29.6 Å². The molecule has 0 aliphatic carbocycles. The van der Waals surface area contributed by atoms with E-state index in [4.69, 9.17) is 0 Å². The Kier molecular flexibility index (Phi) is 3.61. The summed E-state index contributed by atoms with van der Waals surface area (Å²) in [6, 6.07) is 4.21. The fourth-order valence-electron chi connectivity index (χ4n) is 3.34. The summed E-state index contributed by atoms with van der Waals surface area (Å²) >= 11 is 0. The minimum absolute atomic E-state index is 0.0488. The zero-order valence-electron chi connectivity index (χ0n) is 11.3. The summed E-state index contributed by atoms with van der Waals surface area (Å²) in [5.41, 5.74) is 0.0488. The Hall–Kier alpha value is -1.62. The second kappa shape index (κ2) is 5.40. The van der Waals surface area contributed by atoms with Crippen molar-refractivity contribution in [3.63, 3.8) is 0 Å². The molecule has 2 N–H and O–H groups in total. The Morgan fingerprint density at radius 3 is 2.90 bits per heavy atom. The topological polar surface area (TPSA) is 52.6 Å². The average Bonchev–Trinajstić information content (AvgIpc) is 3.09. The lowest BCUT2D eigenvalue weighted by atomic mass is 10.0. The van der Waals surface area contributed by atoms with Gasteiger partial charge >= 0.3 is 0 Å². The number of amides is 1. The minimum atomic E-state index is -0.653. The van der Waals surface area contributed by atoms with E-state index < -0.39 is 5.82 Å². The Labute approximate surface area is 117 Å². The first kappa shape index (κ1) is 13.4. The van der Waals surface area contributed by atoms with Gasteiger partial charge in [-0.15, -0.1) is 0 Å². The van der Waals surface area contributed by atoms with Gasteiger partial charge in [0.05, 0.1) is 5.56 Å². The maximum absolute atomic E-state index is 13.8. The van der Waals surface area contributed by atoms with E-state index >= 15 is 0 Å². The summed E-state index contributed by atoms with van der Waals surface area (Å²) in [5.74, 6) is -1.08. The average molecular weight is 278 g/mol. The molecule has 0 saturated carbocycles. The van der Waals surface area contributed by atoms with Crippen LogP contribution in [0.3, 0.4) is 0 Å². The first-order chi connectivity index (χ1) is 9.66. The Bertz CT molecular complexity index is 515. The van der Waals surface area contributed by atoms with Crippen LogP contribution >= 0.6 is 0 Å². The van der Waals surface area contributed by atoms with E-state index in [0.717, 1.165) is 38.3 Å². The van der Waals surface area contributed by atoms with Gasteiger partial charge in [-0.1, -0.05) is 0 Å². The van der Waals surface area contributed by atoms with Gasteiger partial charge in [0.25, 0.3) is 5.91 Å². The van der Waals surface area contributed by atoms with E-state index in [9.17, 15) is 14.3 Å². The molecule has 2 fully saturated rings. The van der Waals surface area contributed by atoms with Gasteiger partial charge in [-0.05, 0) is 44.4 Å². The number of phenols is 1. The van der Waals surface area contributed by atoms with Crippen LogP contribution in [0, 0.1) is 5.82 Å². The summed E-state index contributed by atoms with van der Waals surface area (Å²) in [6.45, 7) is 1.68. The molecule has 0 spiro atoms. The Balaban J connectivity index is 1.81. The van der Waals surface area contributed by atoms with E-state index in [-0.39, 0.29) is 23.3 Å². The maximum Gasteiger partial charge on any atom is 0.257 e. The largest absolute Gasteiger partial charge is 0.508 e. The van der Waals surface area contributed by atoms with Crippen molar-refractivity contribution in [1.82, 2.24) is 10.2 Å². The van der Waals surface area contributed by atoms with Crippen molar-refractivity contribution in [2.75, 3.05) is 13.1 Å². The van der Waals surface area contributed by atoms with Crippen LogP contribution < -0.4 is 5.32 Å². The first-order valence-electron chi connectivity index (χ1n) is 7.19. The number of benzene rings is 1. The number of halogens is 1. The summed E-state index contributed by atoms with van der Waals surface area (Å²) in [6.07, 6.45) is 4.15. The summed E-state index contributed by atoms with van der Waals surface area (Å²) in [5, 5.41) is 12.7. The molecule has 108 valence electrons. The normalized spacial score (nSPS) is 26.1. The highest BCUT2D eigenvalue weighted by Crippen LogP contribution is 2.27. The number of phenolic OH excluding ortho intramolecular Hbond substituents is 1. The van der Waals surface area contributed by atoms with Crippen LogP contribution in [0.15, 0.2) is 18.2 Å². The molecule has 20 heavy (non-hydrogen) atoms. The lowest BCUT2D eigenvalue weighted by Gasteiger charge is -2.29. The van der Waals surface area contributed by atoms with Crippen LogP contribution in [0.4, 0.5) is 4.39 Å². The van der Waals surface area contributed by atoms with Crippen LogP contribution in [-0.4, -0.2) is 41.1 Å². The molecule has 1 aromatic carbocycles. The highest BCUT2D eigenvalue weighted by atomic mass is 19.1. The van der Waals surface area contributed by atoms with Gasteiger partial charge in [-0.3, -0.25) is 4.79 Å². The molecule has 0 radical (unpaired) electrons. The fourth-order valence-corrected chi connectivity index (χ4v) is 3.34. The van der Waals surface area contributed by atoms with Crippen molar-refractivity contribution < 1.29 is 14.3 Å². The number of likely N-dealkylation sites (tertiary alicyclic amines) is 1. The SMILES string of the molecule is O=C(c1ccc(O)cc1F)N1CCCC1C1CCCN1. The zero-order valence-corrected chi connectivity index (χ0v) is 11.3. The van der Waals surface area contributed by atoms with Gasteiger partial charge in [0.15, 0.2) is 0 Å². The van der Waals surface area contributed by atoms with E-state index in [1.807, 2.05) is 0 Å². The Morgan fingerprint density at radius 2 is 2.20 bits per heavy atom. The van der Waals surface area contributed by atoms with Gasteiger partial charge < -0.3 is 15.3 Å². The molecular weight excluding hydrogens is 259 g/mol. The van der Waals surface area contributed by atoms with E-state index in [1.54, 1.807) is 4.90 Å². The van der Waals surface area contributed by atoms with Gasteiger partial charge in [0, 0.05) is 24.7 Å². The summed E-state index contributed by atoms with van der Waals surface area (Å²) in [4.78, 5) is 14.3. The smallest absolute Gasteiger partial charge is 0.257 e. The number of hydrogen-bond acceptors (Lipinski definition) is 3. The van der Waals surface area contributed by atoms with Gasteiger partial charge in [-0.2, -0.15) is 0 Å². The molecule has 0 aromatic heterocycles. The molecular formula is C15H19FN2O2. The van der Waals surface area contributed by atoms with Gasteiger partial charge in [0.2, 0.25) is 0 Å². The molecule has 4 nitrogen and oxygen atoms in total. The monoisotopic (exact) mass is 278 g/mol. The van der Waals surface area contributed by atoms with Gasteiger partial charge in [0.1, 0.15) is 11.6 Å². The van der Waals surface area contributed by atoms with Crippen molar-refractivity contribution in [3.8, 4) is 5.75 Å². The van der Waals surface area contributed by atoms with Crippen molar-refractivity contribution in [1.29, 1.82) is 0 Å².